The minimum atomic E-state index is -3.96. The van der Waals surface area contributed by atoms with Crippen molar-refractivity contribution in [3.8, 4) is 0 Å². The van der Waals surface area contributed by atoms with Crippen molar-refractivity contribution in [2.45, 2.75) is 63.0 Å². The number of carbonyl (C=O) groups is 3. The number of halogens is 1. The summed E-state index contributed by atoms with van der Waals surface area (Å²) in [5, 5.41) is 4.88. The van der Waals surface area contributed by atoms with Crippen LogP contribution in [0.5, 0.6) is 0 Å². The molecule has 0 saturated carbocycles. The average Bonchev–Trinajstić information content (AvgIpc) is 2.88. The molecule has 0 bridgehead atoms. The van der Waals surface area contributed by atoms with E-state index in [2.05, 4.69) is 10.0 Å². The van der Waals surface area contributed by atoms with Gasteiger partial charge in [0, 0.05) is 31.2 Å². The van der Waals surface area contributed by atoms with Crippen molar-refractivity contribution < 1.29 is 27.5 Å². The van der Waals surface area contributed by atoms with Gasteiger partial charge in [-0.05, 0) is 87.4 Å². The van der Waals surface area contributed by atoms with Gasteiger partial charge in [-0.3, -0.25) is 9.59 Å². The van der Waals surface area contributed by atoms with Crippen molar-refractivity contribution in [3.63, 3.8) is 0 Å². The number of likely N-dealkylation sites (tertiary alicyclic amines) is 2. The number of benzene rings is 2. The Hall–Kier alpha value is -2.89. The summed E-state index contributed by atoms with van der Waals surface area (Å²) >= 11 is 6.02. The number of rotatable bonds is 7. The fourth-order valence-electron chi connectivity index (χ4n) is 5.02. The maximum absolute atomic E-state index is 13.2. The quantitative estimate of drug-likeness (QED) is 0.507. The lowest BCUT2D eigenvalue weighted by Gasteiger charge is -2.36. The molecular formula is C28H37ClN4O6S. The fourth-order valence-corrected chi connectivity index (χ4v) is 6.45. The number of piperidine rings is 2. The van der Waals surface area contributed by atoms with Crippen LogP contribution in [0.15, 0.2) is 41.3 Å². The number of amides is 3. The number of ether oxygens (including phenoxy) is 1. The number of nitrogens with zero attached hydrogens (tertiary/aromatic N) is 2. The molecule has 40 heavy (non-hydrogen) atoms. The predicted molar refractivity (Wildman–Crippen MR) is 152 cm³/mol. The summed E-state index contributed by atoms with van der Waals surface area (Å²) in [6.07, 6.45) is 1.96. The van der Waals surface area contributed by atoms with Crippen LogP contribution < -0.4 is 10.0 Å². The molecule has 2 N–H and O–H groups in total. The first-order chi connectivity index (χ1) is 18.8. The maximum Gasteiger partial charge on any atom is 0.407 e. The third kappa shape index (κ3) is 7.86. The third-order valence-electron chi connectivity index (χ3n) is 7.14. The second kappa shape index (κ2) is 12.3. The van der Waals surface area contributed by atoms with E-state index in [1.165, 1.54) is 11.0 Å². The molecule has 12 heteroatoms. The molecule has 1 atom stereocenters. The normalized spacial score (nSPS) is 19.1. The Bertz CT molecular complexity index is 1370. The van der Waals surface area contributed by atoms with Crippen molar-refractivity contribution in [1.29, 1.82) is 0 Å². The molecule has 0 aromatic heterocycles. The zero-order valence-electron chi connectivity index (χ0n) is 23.1. The summed E-state index contributed by atoms with van der Waals surface area (Å²) in [5.74, 6) is -0.324. The number of fused-ring (bicyclic) bond motifs is 1. The van der Waals surface area contributed by atoms with E-state index in [9.17, 15) is 22.8 Å². The van der Waals surface area contributed by atoms with E-state index in [0.717, 1.165) is 23.6 Å². The standard InChI is InChI=1S/C28H37ClN4O6S/c1-28(2,3)39-27(36)30-17-19-10-13-32(14-11-19)25(34)18-33-12-4-5-24(26(33)35)31-40(37,38)23-9-7-20-15-22(29)8-6-21(20)16-23/h6-9,15-16,19,24,31H,4-5,10-14,17-18H2,1-3H3,(H,30,36)/t24-/m0/s1. The molecule has 0 radical (unpaired) electrons. The molecule has 2 aromatic rings. The number of alkyl carbamates (subject to hydrolysis) is 1. The molecule has 10 nitrogen and oxygen atoms in total. The van der Waals surface area contributed by atoms with Gasteiger partial charge in [-0.1, -0.05) is 23.7 Å². The average molecular weight is 593 g/mol. The minimum Gasteiger partial charge on any atom is -0.444 e. The number of carbonyl (C=O) groups excluding carboxylic acids is 3. The van der Waals surface area contributed by atoms with Gasteiger partial charge in [-0.25, -0.2) is 13.2 Å². The van der Waals surface area contributed by atoms with Crippen LogP contribution in [0.25, 0.3) is 10.8 Å². The van der Waals surface area contributed by atoms with Crippen LogP contribution in [0, 0.1) is 5.92 Å². The molecule has 218 valence electrons. The van der Waals surface area contributed by atoms with Gasteiger partial charge in [-0.2, -0.15) is 4.72 Å². The summed E-state index contributed by atoms with van der Waals surface area (Å²) in [6.45, 7) is 7.28. The van der Waals surface area contributed by atoms with E-state index in [1.807, 2.05) is 20.8 Å². The molecule has 2 aliphatic rings. The second-order valence-electron chi connectivity index (χ2n) is 11.4. The van der Waals surface area contributed by atoms with Crippen LogP contribution in [-0.2, 0) is 24.3 Å². The molecule has 4 rings (SSSR count). The van der Waals surface area contributed by atoms with Crippen LogP contribution in [0.3, 0.4) is 0 Å². The molecule has 2 heterocycles. The van der Waals surface area contributed by atoms with Crippen molar-refractivity contribution in [2.75, 3.05) is 32.7 Å². The van der Waals surface area contributed by atoms with Gasteiger partial charge in [0.2, 0.25) is 21.8 Å². The molecule has 0 aliphatic carbocycles. The molecule has 2 fully saturated rings. The summed E-state index contributed by atoms with van der Waals surface area (Å²) < 4.78 is 34.0. The summed E-state index contributed by atoms with van der Waals surface area (Å²) in [5.41, 5.74) is -0.559. The maximum atomic E-state index is 13.2. The number of hydrogen-bond acceptors (Lipinski definition) is 6. The van der Waals surface area contributed by atoms with E-state index in [1.54, 1.807) is 35.2 Å². The lowest BCUT2D eigenvalue weighted by Crippen LogP contribution is -2.55. The zero-order chi connectivity index (χ0) is 29.1. The zero-order valence-corrected chi connectivity index (χ0v) is 24.7. The molecular weight excluding hydrogens is 556 g/mol. The van der Waals surface area contributed by atoms with Crippen LogP contribution in [0.4, 0.5) is 4.79 Å². The first kappa shape index (κ1) is 30.1. The largest absolute Gasteiger partial charge is 0.444 e. The lowest BCUT2D eigenvalue weighted by atomic mass is 9.96. The Balaban J connectivity index is 1.28. The second-order valence-corrected chi connectivity index (χ2v) is 13.6. The monoisotopic (exact) mass is 592 g/mol. The topological polar surface area (TPSA) is 125 Å². The Morgan fingerprint density at radius 1 is 1.02 bits per heavy atom. The van der Waals surface area contributed by atoms with Crippen LogP contribution in [0.1, 0.15) is 46.5 Å². The van der Waals surface area contributed by atoms with E-state index in [-0.39, 0.29) is 23.3 Å². The predicted octanol–water partition coefficient (Wildman–Crippen LogP) is 3.53. The molecule has 2 saturated heterocycles. The number of nitrogens with one attached hydrogen (secondary N) is 2. The minimum absolute atomic E-state index is 0.0624. The van der Waals surface area contributed by atoms with Gasteiger partial charge in [0.15, 0.2) is 0 Å². The van der Waals surface area contributed by atoms with E-state index in [4.69, 9.17) is 16.3 Å². The molecule has 2 aliphatic heterocycles. The van der Waals surface area contributed by atoms with Crippen molar-refractivity contribution in [1.82, 2.24) is 19.8 Å². The van der Waals surface area contributed by atoms with Crippen LogP contribution in [0.2, 0.25) is 5.02 Å². The highest BCUT2D eigenvalue weighted by Crippen LogP contribution is 2.24. The molecule has 2 aromatic carbocycles. The van der Waals surface area contributed by atoms with Crippen LogP contribution in [-0.4, -0.2) is 80.5 Å². The van der Waals surface area contributed by atoms with Crippen LogP contribution >= 0.6 is 11.6 Å². The lowest BCUT2D eigenvalue weighted by molar-refractivity contribution is -0.143. The molecule has 0 spiro atoms. The summed E-state index contributed by atoms with van der Waals surface area (Å²) in [6, 6.07) is 8.98. The van der Waals surface area contributed by atoms with Gasteiger partial charge >= 0.3 is 6.09 Å². The number of hydrogen-bond donors (Lipinski definition) is 2. The Kier molecular flexibility index (Phi) is 9.26. The summed E-state index contributed by atoms with van der Waals surface area (Å²) in [7, 11) is -3.96. The smallest absolute Gasteiger partial charge is 0.407 e. The highest BCUT2D eigenvalue weighted by molar-refractivity contribution is 7.89. The fraction of sp³-hybridized carbons (Fsp3) is 0.536. The van der Waals surface area contributed by atoms with Gasteiger partial charge < -0.3 is 19.9 Å². The highest BCUT2D eigenvalue weighted by atomic mass is 35.5. The van der Waals surface area contributed by atoms with Gasteiger partial charge in [0.1, 0.15) is 11.6 Å². The first-order valence-electron chi connectivity index (χ1n) is 13.6. The van der Waals surface area contributed by atoms with Crippen molar-refractivity contribution >= 4 is 50.3 Å². The Labute approximate surface area is 240 Å². The van der Waals surface area contributed by atoms with Crippen molar-refractivity contribution in [2.24, 2.45) is 5.92 Å². The summed E-state index contributed by atoms with van der Waals surface area (Å²) in [4.78, 5) is 41.3. The Morgan fingerprint density at radius 3 is 2.40 bits per heavy atom. The third-order valence-corrected chi connectivity index (χ3v) is 8.84. The van der Waals surface area contributed by atoms with Gasteiger partial charge in [0.05, 0.1) is 11.4 Å². The molecule has 0 unspecified atom stereocenters. The van der Waals surface area contributed by atoms with E-state index in [0.29, 0.717) is 44.0 Å². The molecule has 3 amide bonds. The SMILES string of the molecule is CC(C)(C)OC(=O)NCC1CCN(C(=O)CN2CCC[C@H](NS(=O)(=O)c3ccc4cc(Cl)ccc4c3)C2=O)CC1. The van der Waals surface area contributed by atoms with Crippen molar-refractivity contribution in [3.05, 3.63) is 41.4 Å². The van der Waals surface area contributed by atoms with Gasteiger partial charge in [-0.15, -0.1) is 0 Å². The first-order valence-corrected chi connectivity index (χ1v) is 15.4. The highest BCUT2D eigenvalue weighted by Gasteiger charge is 2.34. The number of sulfonamides is 1. The van der Waals surface area contributed by atoms with E-state index >= 15 is 0 Å². The van der Waals surface area contributed by atoms with E-state index < -0.39 is 33.7 Å². The Morgan fingerprint density at radius 2 is 1.70 bits per heavy atom. The van der Waals surface area contributed by atoms with Gasteiger partial charge in [0.25, 0.3) is 0 Å².